The van der Waals surface area contributed by atoms with Crippen LogP contribution in [0.25, 0.3) is 10.9 Å². The molecule has 1 heterocycles. The molecule has 0 saturated heterocycles. The Morgan fingerprint density at radius 2 is 1.91 bits per heavy atom. The maximum Gasteiger partial charge on any atom is 0.299 e. The highest BCUT2D eigenvalue weighted by Gasteiger charge is 2.13. The minimum absolute atomic E-state index is 0.124. The van der Waals surface area contributed by atoms with Crippen molar-refractivity contribution in [2.45, 2.75) is 6.92 Å². The summed E-state index contributed by atoms with van der Waals surface area (Å²) >= 11 is 0. The van der Waals surface area contributed by atoms with Crippen LogP contribution in [0.4, 0.5) is 5.69 Å². The van der Waals surface area contributed by atoms with Crippen molar-refractivity contribution in [3.8, 4) is 11.6 Å². The Hall–Kier alpha value is -3.15. The molecular formula is C17H15N3O3. The van der Waals surface area contributed by atoms with Crippen LogP contribution in [0.1, 0.15) is 17.3 Å². The van der Waals surface area contributed by atoms with Crippen LogP contribution in [0.3, 0.4) is 0 Å². The molecule has 0 saturated carbocycles. The first-order valence-corrected chi connectivity index (χ1v) is 7.18. The topological polar surface area (TPSA) is 87.0 Å². The van der Waals surface area contributed by atoms with Crippen molar-refractivity contribution in [3.63, 3.8) is 0 Å². The van der Waals surface area contributed by atoms with Gasteiger partial charge in [0.25, 0.3) is 5.91 Å². The molecule has 0 radical (unpaired) electrons. The van der Waals surface area contributed by atoms with Crippen LogP contribution >= 0.6 is 0 Å². The summed E-state index contributed by atoms with van der Waals surface area (Å²) in [5.41, 5.74) is 1.29. The minimum Gasteiger partial charge on any atom is -0.493 e. The monoisotopic (exact) mass is 309 g/mol. The molecule has 0 spiro atoms. The summed E-state index contributed by atoms with van der Waals surface area (Å²) in [5, 5.41) is 18.2. The number of nitrogens with one attached hydrogen (secondary N) is 1. The fourth-order valence-corrected chi connectivity index (χ4v) is 2.29. The number of aromatic amines is 1. The zero-order valence-corrected chi connectivity index (χ0v) is 12.5. The van der Waals surface area contributed by atoms with Gasteiger partial charge in [0.05, 0.1) is 17.7 Å². The fraction of sp³-hybridized carbons (Fsp3) is 0.118. The second-order valence-corrected chi connectivity index (χ2v) is 4.80. The zero-order chi connectivity index (χ0) is 16.2. The molecule has 2 N–H and O–H groups in total. The van der Waals surface area contributed by atoms with Gasteiger partial charge in [-0.15, -0.1) is 10.2 Å². The number of amides is 1. The number of hydrogen-bond acceptors (Lipinski definition) is 4. The van der Waals surface area contributed by atoms with E-state index in [1.807, 2.05) is 19.1 Å². The van der Waals surface area contributed by atoms with Crippen LogP contribution in [0.2, 0.25) is 0 Å². The van der Waals surface area contributed by atoms with E-state index in [4.69, 9.17) is 4.74 Å². The lowest BCUT2D eigenvalue weighted by molar-refractivity contribution is 0.0991. The second-order valence-electron chi connectivity index (χ2n) is 4.80. The summed E-state index contributed by atoms with van der Waals surface area (Å²) in [7, 11) is 0. The third-order valence-electron chi connectivity index (χ3n) is 3.32. The molecule has 0 bridgehead atoms. The number of azo groups is 1. The van der Waals surface area contributed by atoms with E-state index in [0.29, 0.717) is 23.3 Å². The van der Waals surface area contributed by atoms with Gasteiger partial charge in [-0.2, -0.15) is 0 Å². The quantitative estimate of drug-likeness (QED) is 0.708. The number of carbonyl (C=O) groups excluding carboxylic acids is 1. The summed E-state index contributed by atoms with van der Waals surface area (Å²) in [6.07, 6.45) is 0. The van der Waals surface area contributed by atoms with E-state index in [1.54, 1.807) is 36.4 Å². The molecule has 1 amide bonds. The van der Waals surface area contributed by atoms with Gasteiger partial charge in [0.2, 0.25) is 5.88 Å². The molecule has 116 valence electrons. The van der Waals surface area contributed by atoms with Crippen molar-refractivity contribution in [2.75, 3.05) is 6.61 Å². The number of rotatable bonds is 4. The van der Waals surface area contributed by atoms with Gasteiger partial charge in [0.1, 0.15) is 5.75 Å². The number of para-hydroxylation sites is 2. The van der Waals surface area contributed by atoms with Crippen molar-refractivity contribution >= 4 is 22.5 Å². The Morgan fingerprint density at radius 1 is 1.17 bits per heavy atom. The lowest BCUT2D eigenvalue weighted by Crippen LogP contribution is -2.00. The van der Waals surface area contributed by atoms with E-state index in [-0.39, 0.29) is 11.6 Å². The van der Waals surface area contributed by atoms with E-state index >= 15 is 0 Å². The predicted molar refractivity (Wildman–Crippen MR) is 86.4 cm³/mol. The summed E-state index contributed by atoms with van der Waals surface area (Å²) < 4.78 is 5.41. The van der Waals surface area contributed by atoms with Crippen molar-refractivity contribution in [1.29, 1.82) is 0 Å². The molecule has 1 aromatic heterocycles. The molecule has 0 fully saturated rings. The molecule has 0 aliphatic rings. The first-order chi connectivity index (χ1) is 11.2. The minimum atomic E-state index is -0.529. The molecule has 0 atom stereocenters. The predicted octanol–water partition coefficient (Wildman–Crippen LogP) is 4.20. The molecule has 2 aromatic carbocycles. The zero-order valence-electron chi connectivity index (χ0n) is 12.5. The molecule has 6 heteroatoms. The Bertz CT molecular complexity index is 884. The third-order valence-corrected chi connectivity index (χ3v) is 3.32. The average molecular weight is 309 g/mol. The molecule has 23 heavy (non-hydrogen) atoms. The van der Waals surface area contributed by atoms with Crippen LogP contribution in [0.5, 0.6) is 11.6 Å². The number of H-pyrrole nitrogens is 1. The van der Waals surface area contributed by atoms with Crippen LogP contribution in [0.15, 0.2) is 58.8 Å². The highest BCUT2D eigenvalue weighted by molar-refractivity contribution is 5.98. The van der Waals surface area contributed by atoms with Crippen molar-refractivity contribution < 1.29 is 14.6 Å². The Kier molecular flexibility index (Phi) is 4.05. The Balaban J connectivity index is 1.93. The summed E-state index contributed by atoms with van der Waals surface area (Å²) in [6, 6.07) is 14.1. The van der Waals surface area contributed by atoms with Gasteiger partial charge in [0.15, 0.2) is 5.69 Å². The van der Waals surface area contributed by atoms with Gasteiger partial charge in [-0.25, -0.2) is 0 Å². The van der Waals surface area contributed by atoms with E-state index in [9.17, 15) is 9.90 Å². The Labute approximate surface area is 132 Å². The van der Waals surface area contributed by atoms with Gasteiger partial charge >= 0.3 is 0 Å². The first-order valence-electron chi connectivity index (χ1n) is 7.18. The summed E-state index contributed by atoms with van der Waals surface area (Å²) in [5.74, 6) is -0.193. The lowest BCUT2D eigenvalue weighted by atomic mass is 10.2. The SMILES string of the molecule is CCOc1ccccc1C(=O)N=Nc1c(O)[nH]c2ccccc12. The van der Waals surface area contributed by atoms with Gasteiger partial charge in [-0.1, -0.05) is 30.3 Å². The molecule has 3 rings (SSSR count). The number of aromatic hydroxyl groups is 1. The molecular weight excluding hydrogens is 294 g/mol. The van der Waals surface area contributed by atoms with Gasteiger partial charge < -0.3 is 14.8 Å². The maximum atomic E-state index is 12.3. The van der Waals surface area contributed by atoms with E-state index in [2.05, 4.69) is 15.2 Å². The highest BCUT2D eigenvalue weighted by Crippen LogP contribution is 2.35. The van der Waals surface area contributed by atoms with Gasteiger partial charge in [0, 0.05) is 5.39 Å². The number of aromatic nitrogens is 1. The smallest absolute Gasteiger partial charge is 0.299 e. The molecule has 0 aliphatic carbocycles. The van der Waals surface area contributed by atoms with Crippen molar-refractivity contribution in [2.24, 2.45) is 10.2 Å². The van der Waals surface area contributed by atoms with Crippen LogP contribution in [0, 0.1) is 0 Å². The van der Waals surface area contributed by atoms with E-state index in [1.165, 1.54) is 0 Å². The van der Waals surface area contributed by atoms with Gasteiger partial charge in [-0.05, 0) is 25.1 Å². The fourth-order valence-electron chi connectivity index (χ4n) is 2.29. The molecule has 6 nitrogen and oxygen atoms in total. The molecule has 0 unspecified atom stereocenters. The number of benzene rings is 2. The Morgan fingerprint density at radius 3 is 2.74 bits per heavy atom. The standard InChI is InChI=1S/C17H15N3O3/c1-2-23-14-10-6-4-8-12(14)16(21)20-19-15-11-7-3-5-9-13(11)18-17(15)22/h3-10,18,22H,2H2,1H3. The number of hydrogen-bond donors (Lipinski definition) is 2. The summed E-state index contributed by atoms with van der Waals surface area (Å²) in [6.45, 7) is 2.29. The van der Waals surface area contributed by atoms with E-state index < -0.39 is 5.91 Å². The average Bonchev–Trinajstić information content (AvgIpc) is 2.89. The number of fused-ring (bicyclic) bond motifs is 1. The largest absolute Gasteiger partial charge is 0.493 e. The number of nitrogens with zero attached hydrogens (tertiary/aromatic N) is 2. The molecule has 0 aliphatic heterocycles. The highest BCUT2D eigenvalue weighted by atomic mass is 16.5. The van der Waals surface area contributed by atoms with Crippen LogP contribution < -0.4 is 4.74 Å². The number of ether oxygens (including phenoxy) is 1. The van der Waals surface area contributed by atoms with Crippen molar-refractivity contribution in [1.82, 2.24) is 4.98 Å². The van der Waals surface area contributed by atoms with Crippen LogP contribution in [-0.4, -0.2) is 22.6 Å². The summed E-state index contributed by atoms with van der Waals surface area (Å²) in [4.78, 5) is 15.0. The van der Waals surface area contributed by atoms with E-state index in [0.717, 1.165) is 5.52 Å². The maximum absolute atomic E-state index is 12.3. The van der Waals surface area contributed by atoms with Crippen LogP contribution in [-0.2, 0) is 0 Å². The second kappa shape index (κ2) is 6.31. The first kappa shape index (κ1) is 14.8. The lowest BCUT2D eigenvalue weighted by Gasteiger charge is -2.05. The van der Waals surface area contributed by atoms with Gasteiger partial charge in [-0.3, -0.25) is 4.79 Å². The van der Waals surface area contributed by atoms with Crippen molar-refractivity contribution in [3.05, 3.63) is 54.1 Å². The third kappa shape index (κ3) is 2.91. The number of carbonyl (C=O) groups is 1. The molecule has 3 aromatic rings. The normalized spacial score (nSPS) is 11.2.